The van der Waals surface area contributed by atoms with Gasteiger partial charge in [0.05, 0.1) is 11.5 Å². The average molecular weight is 378 g/mol. The average Bonchev–Trinajstić information content (AvgIpc) is 2.79. The van der Waals surface area contributed by atoms with E-state index in [1.807, 2.05) is 0 Å². The van der Waals surface area contributed by atoms with Crippen molar-refractivity contribution in [2.24, 2.45) is 7.05 Å². The number of nitrogens with one attached hydrogen (secondary N) is 1. The maximum absolute atomic E-state index is 12.9. The van der Waals surface area contributed by atoms with Gasteiger partial charge >= 0.3 is 18.0 Å². The summed E-state index contributed by atoms with van der Waals surface area (Å²) in [6.07, 6.45) is -3.75. The van der Waals surface area contributed by atoms with Gasteiger partial charge in [0.25, 0.3) is 0 Å². The number of Topliss-reactive ketones (excluding diaryl/α,β-unsaturated/α-hetero) is 1. The molecule has 5 nitrogen and oxygen atoms in total. The number of aromatic nitrogens is 2. The monoisotopic (exact) mass is 377 g/mol. The van der Waals surface area contributed by atoms with Crippen molar-refractivity contribution in [1.29, 1.82) is 0 Å². The van der Waals surface area contributed by atoms with Gasteiger partial charge in [-0.1, -0.05) is 15.9 Å². The van der Waals surface area contributed by atoms with Gasteiger partial charge in [-0.05, 0) is 0 Å². The van der Waals surface area contributed by atoms with E-state index in [0.29, 0.717) is 0 Å². The molecule has 1 rings (SSSR count). The fourth-order valence-electron chi connectivity index (χ4n) is 1.37. The van der Waals surface area contributed by atoms with Crippen LogP contribution in [0, 0.1) is 0 Å². The van der Waals surface area contributed by atoms with Crippen LogP contribution in [0.3, 0.4) is 0 Å². The number of hydrogen-bond acceptors (Lipinski definition) is 3. The zero-order chi connectivity index (χ0) is 16.4. The highest BCUT2D eigenvalue weighted by atomic mass is 79.9. The summed E-state index contributed by atoms with van der Waals surface area (Å²) in [6, 6.07) is -1.65. The molecule has 0 radical (unpaired) electrons. The first-order chi connectivity index (χ1) is 9.50. The minimum atomic E-state index is -6.05. The van der Waals surface area contributed by atoms with Gasteiger partial charge < -0.3 is 5.32 Å². The largest absolute Gasteiger partial charge is 0.463 e. The number of ketones is 1. The first-order valence-electron chi connectivity index (χ1n) is 5.33. The smallest absolute Gasteiger partial charge is 0.337 e. The van der Waals surface area contributed by atoms with Crippen LogP contribution in [0.1, 0.15) is 11.6 Å². The molecule has 11 heteroatoms. The molecule has 1 amide bonds. The van der Waals surface area contributed by atoms with Crippen LogP contribution >= 0.6 is 15.9 Å². The number of halogens is 6. The molecule has 1 atom stereocenters. The van der Waals surface area contributed by atoms with E-state index in [9.17, 15) is 31.5 Å². The van der Waals surface area contributed by atoms with Gasteiger partial charge in [-0.2, -0.15) is 27.1 Å². The molecule has 0 saturated heterocycles. The molecule has 118 valence electrons. The van der Waals surface area contributed by atoms with Crippen molar-refractivity contribution in [2.45, 2.75) is 18.1 Å². The van der Waals surface area contributed by atoms with E-state index >= 15 is 0 Å². The highest BCUT2D eigenvalue weighted by Gasteiger charge is 2.63. The first kappa shape index (κ1) is 17.5. The third-order valence-corrected chi connectivity index (χ3v) is 2.98. The summed E-state index contributed by atoms with van der Waals surface area (Å²) in [4.78, 5) is 22.8. The summed E-state index contributed by atoms with van der Waals surface area (Å²) in [5, 5.41) is 4.72. The van der Waals surface area contributed by atoms with Crippen LogP contribution in [0.4, 0.5) is 22.0 Å². The Bertz CT molecular complexity index is 543. The lowest BCUT2D eigenvalue weighted by Gasteiger charge is -2.22. The number of hydrogen-bond donors (Lipinski definition) is 1. The van der Waals surface area contributed by atoms with Crippen LogP contribution < -0.4 is 5.32 Å². The highest BCUT2D eigenvalue weighted by Crippen LogP contribution is 2.36. The van der Waals surface area contributed by atoms with Gasteiger partial charge in [-0.3, -0.25) is 14.3 Å². The molecule has 1 aromatic heterocycles. The van der Waals surface area contributed by atoms with E-state index in [4.69, 9.17) is 0 Å². The van der Waals surface area contributed by atoms with Gasteiger partial charge in [0, 0.05) is 18.8 Å². The fourth-order valence-corrected chi connectivity index (χ4v) is 1.69. The van der Waals surface area contributed by atoms with Crippen molar-refractivity contribution in [3.05, 3.63) is 18.0 Å². The van der Waals surface area contributed by atoms with Crippen molar-refractivity contribution >= 4 is 27.6 Å². The molecule has 0 bridgehead atoms. The van der Waals surface area contributed by atoms with E-state index in [2.05, 4.69) is 21.0 Å². The Labute approximate surface area is 123 Å². The third-order valence-electron chi connectivity index (χ3n) is 2.43. The highest BCUT2D eigenvalue weighted by molar-refractivity contribution is 9.09. The van der Waals surface area contributed by atoms with Crippen molar-refractivity contribution in [1.82, 2.24) is 15.1 Å². The molecule has 1 unspecified atom stereocenters. The third kappa shape index (κ3) is 3.77. The standard InChI is InChI=1S/C10H9BrF5N3O2/c1-19-4-5(3-17-19)7(6(20)2-11)18-8(21)9(12,13)10(14,15)16/h3-4,7H,2H2,1H3,(H,18,21). The zero-order valence-electron chi connectivity index (χ0n) is 10.4. The molecule has 21 heavy (non-hydrogen) atoms. The van der Waals surface area contributed by atoms with E-state index in [-0.39, 0.29) is 10.9 Å². The van der Waals surface area contributed by atoms with Crippen LogP contribution in [-0.4, -0.2) is 38.9 Å². The van der Waals surface area contributed by atoms with E-state index in [1.165, 1.54) is 23.2 Å². The molecule has 0 spiro atoms. The van der Waals surface area contributed by atoms with Crippen LogP contribution in [-0.2, 0) is 16.6 Å². The second-order valence-electron chi connectivity index (χ2n) is 4.03. The first-order valence-corrected chi connectivity index (χ1v) is 6.45. The second-order valence-corrected chi connectivity index (χ2v) is 4.59. The molecular formula is C10H9BrF5N3O2. The number of amides is 1. The number of aryl methyl sites for hydroxylation is 1. The Hall–Kier alpha value is -1.52. The van der Waals surface area contributed by atoms with Crippen LogP contribution in [0.25, 0.3) is 0 Å². The number of carbonyl (C=O) groups is 2. The van der Waals surface area contributed by atoms with Gasteiger partial charge in [0.15, 0.2) is 5.78 Å². The van der Waals surface area contributed by atoms with Gasteiger partial charge in [-0.15, -0.1) is 0 Å². The number of carbonyl (C=O) groups excluding carboxylic acids is 2. The van der Waals surface area contributed by atoms with Crippen molar-refractivity contribution in [3.8, 4) is 0 Å². The lowest BCUT2D eigenvalue weighted by atomic mass is 10.1. The second kappa shape index (κ2) is 6.08. The quantitative estimate of drug-likeness (QED) is 0.627. The predicted octanol–water partition coefficient (Wildman–Crippen LogP) is 1.74. The molecule has 0 aromatic carbocycles. The Kier molecular flexibility index (Phi) is 5.07. The maximum Gasteiger partial charge on any atom is 0.463 e. The minimum absolute atomic E-state index is 0.00623. The molecule has 0 fully saturated rings. The molecule has 1 N–H and O–H groups in total. The summed E-state index contributed by atoms with van der Waals surface area (Å²) < 4.78 is 63.3. The van der Waals surface area contributed by atoms with E-state index in [0.717, 1.165) is 6.20 Å². The number of rotatable bonds is 5. The topological polar surface area (TPSA) is 64.0 Å². The van der Waals surface area contributed by atoms with Crippen LogP contribution in [0.5, 0.6) is 0 Å². The summed E-state index contributed by atoms with van der Waals surface area (Å²) in [7, 11) is 1.45. The van der Waals surface area contributed by atoms with Gasteiger partial charge in [-0.25, -0.2) is 0 Å². The molecule has 1 heterocycles. The Morgan fingerprint density at radius 1 is 1.38 bits per heavy atom. The SMILES string of the molecule is Cn1cc(C(NC(=O)C(F)(F)C(F)(F)F)C(=O)CBr)cn1. The lowest BCUT2D eigenvalue weighted by molar-refractivity contribution is -0.270. The summed E-state index contributed by atoms with van der Waals surface area (Å²) in [6.45, 7) is 0. The minimum Gasteiger partial charge on any atom is -0.337 e. The molecule has 0 saturated carbocycles. The van der Waals surface area contributed by atoms with E-state index in [1.54, 1.807) is 0 Å². The Balaban J connectivity index is 3.03. The van der Waals surface area contributed by atoms with Crippen LogP contribution in [0.2, 0.25) is 0 Å². The molecule has 0 aliphatic carbocycles. The molecule has 0 aliphatic heterocycles. The predicted molar refractivity (Wildman–Crippen MR) is 63.9 cm³/mol. The normalized spacial score (nSPS) is 13.9. The summed E-state index contributed by atoms with van der Waals surface area (Å²) in [5.74, 6) is -8.99. The van der Waals surface area contributed by atoms with Crippen molar-refractivity contribution in [3.63, 3.8) is 0 Å². The van der Waals surface area contributed by atoms with Crippen LogP contribution in [0.15, 0.2) is 12.4 Å². The number of alkyl halides is 6. The van der Waals surface area contributed by atoms with Gasteiger partial charge in [0.2, 0.25) is 0 Å². The zero-order valence-corrected chi connectivity index (χ0v) is 12.0. The lowest BCUT2D eigenvalue weighted by Crippen LogP contribution is -2.52. The Morgan fingerprint density at radius 3 is 2.33 bits per heavy atom. The summed E-state index contributed by atoms with van der Waals surface area (Å²) in [5.41, 5.74) is -0.00623. The summed E-state index contributed by atoms with van der Waals surface area (Å²) >= 11 is 2.76. The van der Waals surface area contributed by atoms with Crippen molar-refractivity contribution < 1.29 is 31.5 Å². The maximum atomic E-state index is 12.9. The van der Waals surface area contributed by atoms with E-state index < -0.39 is 29.8 Å². The van der Waals surface area contributed by atoms with Gasteiger partial charge in [0.1, 0.15) is 6.04 Å². The molecule has 1 aromatic rings. The molecule has 0 aliphatic rings. The van der Waals surface area contributed by atoms with Crippen molar-refractivity contribution in [2.75, 3.05) is 5.33 Å². The molecular weight excluding hydrogens is 369 g/mol. The Morgan fingerprint density at radius 2 is 1.95 bits per heavy atom. The number of nitrogens with zero attached hydrogens (tertiary/aromatic N) is 2. The fraction of sp³-hybridized carbons (Fsp3) is 0.500.